The van der Waals surface area contributed by atoms with Crippen LogP contribution in [0.1, 0.15) is 71.1 Å². The van der Waals surface area contributed by atoms with Gasteiger partial charge in [0.1, 0.15) is 0 Å². The maximum Gasteiger partial charge on any atom is 0.320 e. The first kappa shape index (κ1) is 18.5. The van der Waals surface area contributed by atoms with E-state index in [1.807, 2.05) is 4.90 Å². The lowest BCUT2D eigenvalue weighted by Crippen LogP contribution is -2.48. The molecular formula is C20H35N3O2. The van der Waals surface area contributed by atoms with Crippen LogP contribution in [0.5, 0.6) is 0 Å². The second kappa shape index (κ2) is 8.91. The van der Waals surface area contributed by atoms with Gasteiger partial charge in [-0.15, -0.1) is 0 Å². The van der Waals surface area contributed by atoms with Gasteiger partial charge in [0, 0.05) is 45.2 Å². The van der Waals surface area contributed by atoms with Crippen molar-refractivity contribution >= 4 is 11.9 Å². The molecule has 2 aliphatic heterocycles. The van der Waals surface area contributed by atoms with Gasteiger partial charge in [-0.05, 0) is 38.0 Å². The number of urea groups is 1. The summed E-state index contributed by atoms with van der Waals surface area (Å²) in [6.07, 6.45) is 11.3. The molecule has 0 aromatic rings. The Hall–Kier alpha value is -1.26. The summed E-state index contributed by atoms with van der Waals surface area (Å²) in [6, 6.07) is 0.554. The Balaban J connectivity index is 1.42. The minimum absolute atomic E-state index is 0.223. The number of rotatable bonds is 6. The van der Waals surface area contributed by atoms with Gasteiger partial charge in [0.15, 0.2) is 0 Å². The van der Waals surface area contributed by atoms with Crippen molar-refractivity contribution in [1.82, 2.24) is 14.7 Å². The van der Waals surface area contributed by atoms with Crippen molar-refractivity contribution in [1.29, 1.82) is 0 Å². The highest BCUT2D eigenvalue weighted by atomic mass is 16.2. The number of amides is 3. The SMILES string of the molecule is CCCCN1CCN(C2CCN(C(=O)CC3CCCCC3)CC2)C1=O. The fourth-order valence-electron chi connectivity index (χ4n) is 4.69. The molecule has 0 unspecified atom stereocenters. The van der Waals surface area contributed by atoms with E-state index >= 15 is 0 Å². The summed E-state index contributed by atoms with van der Waals surface area (Å²) >= 11 is 0. The second-order valence-electron chi connectivity index (χ2n) is 8.14. The summed E-state index contributed by atoms with van der Waals surface area (Å²) < 4.78 is 0. The minimum atomic E-state index is 0.223. The molecule has 25 heavy (non-hydrogen) atoms. The van der Waals surface area contributed by atoms with E-state index in [1.165, 1.54) is 32.1 Å². The smallest absolute Gasteiger partial charge is 0.320 e. The number of carbonyl (C=O) groups is 2. The van der Waals surface area contributed by atoms with Crippen LogP contribution in [-0.4, -0.2) is 65.4 Å². The fourth-order valence-corrected chi connectivity index (χ4v) is 4.69. The monoisotopic (exact) mass is 349 g/mol. The average Bonchev–Trinajstić information content (AvgIpc) is 3.01. The summed E-state index contributed by atoms with van der Waals surface area (Å²) in [5.41, 5.74) is 0. The lowest BCUT2D eigenvalue weighted by molar-refractivity contribution is -0.133. The Morgan fingerprint density at radius 1 is 1.00 bits per heavy atom. The third-order valence-corrected chi connectivity index (χ3v) is 6.35. The highest BCUT2D eigenvalue weighted by molar-refractivity contribution is 5.78. The Morgan fingerprint density at radius 3 is 2.40 bits per heavy atom. The molecule has 1 aliphatic carbocycles. The van der Waals surface area contributed by atoms with Gasteiger partial charge < -0.3 is 14.7 Å². The lowest BCUT2D eigenvalue weighted by atomic mass is 9.86. The summed E-state index contributed by atoms with van der Waals surface area (Å²) in [5.74, 6) is 0.967. The van der Waals surface area contributed by atoms with E-state index < -0.39 is 0 Å². The van der Waals surface area contributed by atoms with Crippen LogP contribution in [0.3, 0.4) is 0 Å². The standard InChI is InChI=1S/C20H35N3O2/c1-2-3-11-22-14-15-23(20(22)25)18-9-12-21(13-10-18)19(24)16-17-7-5-4-6-8-17/h17-18H,2-16H2,1H3. The van der Waals surface area contributed by atoms with Crippen LogP contribution in [-0.2, 0) is 4.79 Å². The van der Waals surface area contributed by atoms with Gasteiger partial charge in [0.25, 0.3) is 0 Å². The fraction of sp³-hybridized carbons (Fsp3) is 0.900. The van der Waals surface area contributed by atoms with Crippen molar-refractivity contribution in [2.24, 2.45) is 5.92 Å². The molecule has 2 heterocycles. The normalized spacial score (nSPS) is 23.6. The van der Waals surface area contributed by atoms with Crippen molar-refractivity contribution in [2.75, 3.05) is 32.7 Å². The van der Waals surface area contributed by atoms with E-state index in [0.29, 0.717) is 17.9 Å². The molecule has 142 valence electrons. The van der Waals surface area contributed by atoms with Crippen molar-refractivity contribution in [2.45, 2.75) is 77.2 Å². The largest absolute Gasteiger partial charge is 0.343 e. The molecule has 0 radical (unpaired) electrons. The van der Waals surface area contributed by atoms with Gasteiger partial charge in [-0.3, -0.25) is 4.79 Å². The molecule has 3 fully saturated rings. The first-order valence-electron chi connectivity index (χ1n) is 10.5. The van der Waals surface area contributed by atoms with E-state index in [9.17, 15) is 9.59 Å². The number of carbonyl (C=O) groups excluding carboxylic acids is 2. The summed E-state index contributed by atoms with van der Waals surface area (Å²) in [5, 5.41) is 0. The maximum atomic E-state index is 12.6. The minimum Gasteiger partial charge on any atom is -0.343 e. The molecular weight excluding hydrogens is 314 g/mol. The van der Waals surface area contributed by atoms with E-state index in [2.05, 4.69) is 16.7 Å². The van der Waals surface area contributed by atoms with Gasteiger partial charge in [-0.2, -0.15) is 0 Å². The first-order chi connectivity index (χ1) is 12.2. The molecule has 0 spiro atoms. The molecule has 3 rings (SSSR count). The number of hydrogen-bond acceptors (Lipinski definition) is 2. The molecule has 1 saturated carbocycles. The molecule has 5 nitrogen and oxygen atoms in total. The van der Waals surface area contributed by atoms with E-state index in [0.717, 1.165) is 64.8 Å². The van der Waals surface area contributed by atoms with Crippen molar-refractivity contribution < 1.29 is 9.59 Å². The number of likely N-dealkylation sites (tertiary alicyclic amines) is 1. The van der Waals surface area contributed by atoms with Crippen LogP contribution in [0.2, 0.25) is 0 Å². The molecule has 0 atom stereocenters. The van der Waals surface area contributed by atoms with Crippen LogP contribution in [0.25, 0.3) is 0 Å². The third kappa shape index (κ3) is 4.68. The van der Waals surface area contributed by atoms with Crippen molar-refractivity contribution in [3.05, 3.63) is 0 Å². The Kier molecular flexibility index (Phi) is 6.60. The summed E-state index contributed by atoms with van der Waals surface area (Å²) in [7, 11) is 0. The number of hydrogen-bond donors (Lipinski definition) is 0. The van der Waals surface area contributed by atoms with Crippen LogP contribution in [0.15, 0.2) is 0 Å². The van der Waals surface area contributed by atoms with Gasteiger partial charge in [-0.25, -0.2) is 4.79 Å². The predicted octanol–water partition coefficient (Wildman–Crippen LogP) is 3.49. The maximum absolute atomic E-state index is 12.6. The van der Waals surface area contributed by atoms with Gasteiger partial charge in [0.2, 0.25) is 5.91 Å². The Bertz CT molecular complexity index is 454. The molecule has 3 aliphatic rings. The van der Waals surface area contributed by atoms with Gasteiger partial charge >= 0.3 is 6.03 Å². The summed E-state index contributed by atoms with van der Waals surface area (Å²) in [4.78, 5) is 31.3. The average molecular weight is 350 g/mol. The number of piperidine rings is 1. The van der Waals surface area contributed by atoms with Crippen molar-refractivity contribution in [3.63, 3.8) is 0 Å². The molecule has 0 aromatic carbocycles. The zero-order valence-electron chi connectivity index (χ0n) is 15.9. The Morgan fingerprint density at radius 2 is 1.72 bits per heavy atom. The first-order valence-corrected chi connectivity index (χ1v) is 10.5. The van der Waals surface area contributed by atoms with E-state index in [-0.39, 0.29) is 6.03 Å². The molecule has 5 heteroatoms. The van der Waals surface area contributed by atoms with Gasteiger partial charge in [-0.1, -0.05) is 32.6 Å². The van der Waals surface area contributed by atoms with E-state index in [4.69, 9.17) is 0 Å². The zero-order valence-corrected chi connectivity index (χ0v) is 15.9. The highest BCUT2D eigenvalue weighted by Gasteiger charge is 2.35. The lowest BCUT2D eigenvalue weighted by Gasteiger charge is -2.37. The Labute approximate surface area is 152 Å². The predicted molar refractivity (Wildman–Crippen MR) is 99.4 cm³/mol. The van der Waals surface area contributed by atoms with Crippen LogP contribution in [0.4, 0.5) is 4.79 Å². The molecule has 2 saturated heterocycles. The van der Waals surface area contributed by atoms with Crippen LogP contribution in [0, 0.1) is 5.92 Å². The molecule has 0 N–H and O–H groups in total. The van der Waals surface area contributed by atoms with Gasteiger partial charge in [0.05, 0.1) is 0 Å². The number of unbranched alkanes of at least 4 members (excludes halogenated alkanes) is 1. The molecule has 0 bridgehead atoms. The molecule has 0 aromatic heterocycles. The van der Waals surface area contributed by atoms with Crippen molar-refractivity contribution in [3.8, 4) is 0 Å². The molecule has 3 amide bonds. The van der Waals surface area contributed by atoms with Crippen LogP contribution >= 0.6 is 0 Å². The highest BCUT2D eigenvalue weighted by Crippen LogP contribution is 2.28. The second-order valence-corrected chi connectivity index (χ2v) is 8.14. The quantitative estimate of drug-likeness (QED) is 0.737. The third-order valence-electron chi connectivity index (χ3n) is 6.35. The van der Waals surface area contributed by atoms with E-state index in [1.54, 1.807) is 0 Å². The van der Waals surface area contributed by atoms with Crippen LogP contribution < -0.4 is 0 Å². The summed E-state index contributed by atoms with van der Waals surface area (Å²) in [6.45, 7) is 6.45. The number of nitrogens with zero attached hydrogens (tertiary/aromatic N) is 3. The topological polar surface area (TPSA) is 43.9 Å². The zero-order chi connectivity index (χ0) is 17.6.